The van der Waals surface area contributed by atoms with Gasteiger partial charge in [0, 0.05) is 58.3 Å². The van der Waals surface area contributed by atoms with Crippen molar-refractivity contribution < 1.29 is 29.5 Å². The quantitative estimate of drug-likeness (QED) is 0.327. The number of benzene rings is 2. The van der Waals surface area contributed by atoms with Gasteiger partial charge in [-0.1, -0.05) is 13.8 Å². The normalized spacial score (nSPS) is 19.8. The molecule has 2 aliphatic heterocycles. The van der Waals surface area contributed by atoms with Gasteiger partial charge in [0.05, 0.1) is 16.5 Å². The van der Waals surface area contributed by atoms with Crippen LogP contribution in [0.3, 0.4) is 0 Å². The van der Waals surface area contributed by atoms with Crippen LogP contribution in [-0.2, 0) is 10.8 Å². The zero-order chi connectivity index (χ0) is 30.9. The second-order valence-corrected chi connectivity index (χ2v) is 11.7. The topological polar surface area (TPSA) is 149 Å². The molecule has 0 aromatic heterocycles. The van der Waals surface area contributed by atoms with E-state index in [-0.39, 0.29) is 22.5 Å². The number of aromatic carboxylic acids is 2. The van der Waals surface area contributed by atoms with E-state index in [0.29, 0.717) is 16.7 Å². The first kappa shape index (κ1) is 28.1. The molecule has 0 spiro atoms. The SMILES string of the molecule is CN1/C(=C\C2=C(O)C(=C\C3=[N+](C)c4ccc(C(=O)O)cc4C3(C)C)/C2=C(C#N)C#N)C(C)(C)c2cc(C(=O)O)ccc21. The van der Waals surface area contributed by atoms with Crippen LogP contribution in [0.15, 0.2) is 82.3 Å². The molecule has 0 saturated carbocycles. The molecule has 9 heteroatoms. The van der Waals surface area contributed by atoms with Crippen LogP contribution in [0, 0.1) is 22.7 Å². The van der Waals surface area contributed by atoms with Gasteiger partial charge in [0.25, 0.3) is 0 Å². The van der Waals surface area contributed by atoms with Crippen molar-refractivity contribution in [2.24, 2.45) is 0 Å². The van der Waals surface area contributed by atoms with Gasteiger partial charge in [0.1, 0.15) is 30.5 Å². The Morgan fingerprint density at radius 1 is 0.905 bits per heavy atom. The molecule has 1 aliphatic carbocycles. The van der Waals surface area contributed by atoms with E-state index in [2.05, 4.69) is 0 Å². The molecule has 0 radical (unpaired) electrons. The highest BCUT2D eigenvalue weighted by molar-refractivity contribution is 6.06. The number of carbonyl (C=O) groups is 2. The summed E-state index contributed by atoms with van der Waals surface area (Å²) < 4.78 is 1.91. The van der Waals surface area contributed by atoms with Crippen LogP contribution in [0.5, 0.6) is 0 Å². The van der Waals surface area contributed by atoms with Crippen LogP contribution in [0.4, 0.5) is 11.4 Å². The van der Waals surface area contributed by atoms with E-state index in [0.717, 1.165) is 33.9 Å². The number of hydrogen-bond acceptors (Lipinski definition) is 6. The average molecular weight is 562 g/mol. The minimum Gasteiger partial charge on any atom is -0.507 e. The average Bonchev–Trinajstić information content (AvgIpc) is 3.26. The molecule has 9 nitrogen and oxygen atoms in total. The Hall–Kier alpha value is -5.41. The molecular weight excluding hydrogens is 532 g/mol. The first-order valence-electron chi connectivity index (χ1n) is 13.2. The van der Waals surface area contributed by atoms with Gasteiger partial charge in [-0.25, -0.2) is 9.59 Å². The number of hydrogen-bond donors (Lipinski definition) is 3. The van der Waals surface area contributed by atoms with E-state index in [1.54, 1.807) is 48.6 Å². The maximum Gasteiger partial charge on any atom is 0.335 e. The smallest absolute Gasteiger partial charge is 0.335 e. The van der Waals surface area contributed by atoms with Crippen LogP contribution in [-0.4, -0.2) is 51.6 Å². The lowest BCUT2D eigenvalue weighted by Crippen LogP contribution is -2.29. The second kappa shape index (κ2) is 9.32. The fourth-order valence-corrected chi connectivity index (χ4v) is 6.28. The predicted octanol–water partition coefficient (Wildman–Crippen LogP) is 5.50. The number of allylic oxidation sites excluding steroid dienone is 6. The van der Waals surface area contributed by atoms with Crippen LogP contribution in [0.2, 0.25) is 0 Å². The van der Waals surface area contributed by atoms with E-state index < -0.39 is 22.8 Å². The Kier molecular flexibility index (Phi) is 6.24. The molecule has 0 unspecified atom stereocenters. The van der Waals surface area contributed by atoms with Crippen LogP contribution >= 0.6 is 0 Å². The fourth-order valence-electron chi connectivity index (χ4n) is 6.28. The molecular formula is C33H29N4O5+. The summed E-state index contributed by atoms with van der Waals surface area (Å²) in [7, 11) is 3.69. The number of fused-ring (bicyclic) bond motifs is 2. The summed E-state index contributed by atoms with van der Waals surface area (Å²) in [5, 5.41) is 50.1. The molecule has 0 amide bonds. The zero-order valence-electron chi connectivity index (χ0n) is 24.1. The molecule has 2 aromatic rings. The van der Waals surface area contributed by atoms with Crippen molar-refractivity contribution in [3.63, 3.8) is 0 Å². The molecule has 0 saturated heterocycles. The largest absolute Gasteiger partial charge is 0.507 e. The van der Waals surface area contributed by atoms with Crippen molar-refractivity contribution in [3.05, 3.63) is 105 Å². The standard InChI is InChI=1S/C33H28N4O5/c1-32(2)22-11-17(30(39)40)7-9-24(22)36(5)26(32)13-20-28(19(15-34)16-35)21(29(20)38)14-27-33(3,4)23-12-18(31(41)42)8-10-25(23)37(27)6/h7-14H,1-6H3,(H2-,38,39,40,41,42)/p+1. The van der Waals surface area contributed by atoms with E-state index in [1.807, 2.05) is 63.4 Å². The molecule has 3 aliphatic rings. The van der Waals surface area contributed by atoms with Gasteiger partial charge in [-0.2, -0.15) is 15.1 Å². The second-order valence-electron chi connectivity index (χ2n) is 11.7. The maximum absolute atomic E-state index is 11.6. The van der Waals surface area contributed by atoms with Crippen LogP contribution < -0.4 is 4.90 Å². The Morgan fingerprint density at radius 2 is 1.48 bits per heavy atom. The summed E-state index contributed by atoms with van der Waals surface area (Å²) >= 11 is 0. The van der Waals surface area contributed by atoms with Gasteiger partial charge in [-0.3, -0.25) is 0 Å². The summed E-state index contributed by atoms with van der Waals surface area (Å²) in [5.41, 5.74) is 4.66. The third kappa shape index (κ3) is 3.86. The summed E-state index contributed by atoms with van der Waals surface area (Å²) in [5.74, 6) is -2.13. The number of aliphatic hydroxyl groups is 1. The first-order valence-corrected chi connectivity index (χ1v) is 13.2. The number of nitrogens with zero attached hydrogens (tertiary/aromatic N) is 4. The zero-order valence-corrected chi connectivity index (χ0v) is 24.1. The highest BCUT2D eigenvalue weighted by Crippen LogP contribution is 2.51. The molecule has 5 rings (SSSR count). The van der Waals surface area contributed by atoms with Crippen molar-refractivity contribution >= 4 is 29.0 Å². The Morgan fingerprint density at radius 3 is 2.05 bits per heavy atom. The van der Waals surface area contributed by atoms with Gasteiger partial charge >= 0.3 is 11.9 Å². The first-order chi connectivity index (χ1) is 19.7. The number of likely N-dealkylation sites (N-methyl/N-ethyl adjacent to an activating group) is 1. The van der Waals surface area contributed by atoms with E-state index in [9.17, 15) is 35.4 Å². The number of carboxylic acid groups (broad SMARTS) is 2. The van der Waals surface area contributed by atoms with E-state index >= 15 is 0 Å². The third-order valence-electron chi connectivity index (χ3n) is 8.64. The van der Waals surface area contributed by atoms with Gasteiger partial charge in [0.15, 0.2) is 5.71 Å². The highest BCUT2D eigenvalue weighted by atomic mass is 16.4. The lowest BCUT2D eigenvalue weighted by molar-refractivity contribution is -0.401. The Labute approximate surface area is 243 Å². The minimum atomic E-state index is -1.03. The predicted molar refractivity (Wildman–Crippen MR) is 156 cm³/mol. The molecule has 210 valence electrons. The van der Waals surface area contributed by atoms with E-state index in [4.69, 9.17) is 0 Å². The van der Waals surface area contributed by atoms with Crippen molar-refractivity contribution in [3.8, 4) is 12.1 Å². The summed E-state index contributed by atoms with van der Waals surface area (Å²) in [6.07, 6.45) is 3.50. The number of rotatable bonds is 4. The monoisotopic (exact) mass is 561 g/mol. The van der Waals surface area contributed by atoms with Gasteiger partial charge < -0.3 is 20.2 Å². The Balaban J connectivity index is 1.66. The summed E-state index contributed by atoms with van der Waals surface area (Å²) in [4.78, 5) is 25.2. The molecule has 3 N–H and O–H groups in total. The van der Waals surface area contributed by atoms with Gasteiger partial charge in [-0.05, 0) is 55.8 Å². The number of nitriles is 2. The molecule has 2 heterocycles. The van der Waals surface area contributed by atoms with E-state index in [1.165, 1.54) is 0 Å². The fraction of sp³-hybridized carbons (Fsp3) is 0.242. The van der Waals surface area contributed by atoms with Crippen LogP contribution in [0.25, 0.3) is 0 Å². The third-order valence-corrected chi connectivity index (χ3v) is 8.64. The van der Waals surface area contributed by atoms with Crippen molar-refractivity contribution in [2.75, 3.05) is 19.0 Å². The van der Waals surface area contributed by atoms with Crippen molar-refractivity contribution in [2.45, 2.75) is 38.5 Å². The maximum atomic E-state index is 11.6. The molecule has 0 bridgehead atoms. The Bertz CT molecular complexity index is 1870. The van der Waals surface area contributed by atoms with Gasteiger partial charge in [0.2, 0.25) is 5.69 Å². The molecule has 2 aromatic carbocycles. The molecule has 42 heavy (non-hydrogen) atoms. The van der Waals surface area contributed by atoms with Crippen molar-refractivity contribution in [1.29, 1.82) is 10.5 Å². The molecule has 0 fully saturated rings. The lowest BCUT2D eigenvalue weighted by atomic mass is 9.74. The minimum absolute atomic E-state index is 0.0780. The van der Waals surface area contributed by atoms with Crippen molar-refractivity contribution in [1.82, 2.24) is 0 Å². The van der Waals surface area contributed by atoms with Crippen LogP contribution in [0.1, 0.15) is 59.5 Å². The highest BCUT2D eigenvalue weighted by Gasteiger charge is 2.46. The lowest BCUT2D eigenvalue weighted by Gasteiger charge is -2.30. The molecule has 0 atom stereocenters. The van der Waals surface area contributed by atoms with Gasteiger partial charge in [-0.15, -0.1) is 0 Å². The number of aliphatic hydroxyl groups excluding tert-OH is 1. The number of carboxylic acids is 2. The summed E-state index contributed by atoms with van der Waals surface area (Å²) in [6, 6.07) is 13.8. The summed E-state index contributed by atoms with van der Waals surface area (Å²) in [6.45, 7) is 7.81. The number of anilines is 1.